The fourth-order valence-electron chi connectivity index (χ4n) is 3.47. The number of amides is 2. The van der Waals surface area contributed by atoms with Crippen molar-refractivity contribution < 1.29 is 33.3 Å². The Hall–Kier alpha value is -4.24. The van der Waals surface area contributed by atoms with Crippen molar-refractivity contribution in [3.8, 4) is 23.0 Å². The molecule has 37 heavy (non-hydrogen) atoms. The molecular weight excluding hydrogens is 494 g/mol. The van der Waals surface area contributed by atoms with Crippen LogP contribution in [-0.2, 0) is 4.79 Å². The molecule has 0 N–H and O–H groups in total. The average molecular weight is 520 g/mol. The first kappa shape index (κ1) is 25.8. The van der Waals surface area contributed by atoms with Gasteiger partial charge in [0.1, 0.15) is 18.1 Å². The minimum atomic E-state index is -0.546. The summed E-state index contributed by atoms with van der Waals surface area (Å²) in [6.45, 7) is 2.48. The van der Waals surface area contributed by atoms with Crippen molar-refractivity contribution in [1.29, 1.82) is 0 Å². The van der Waals surface area contributed by atoms with Gasteiger partial charge in [-0.05, 0) is 78.9 Å². The second kappa shape index (κ2) is 12.1. The number of carbonyl (C=O) groups is 3. The molecule has 0 radical (unpaired) electrons. The van der Waals surface area contributed by atoms with Crippen molar-refractivity contribution in [2.24, 2.45) is 0 Å². The van der Waals surface area contributed by atoms with Gasteiger partial charge in [0.15, 0.2) is 11.5 Å². The van der Waals surface area contributed by atoms with Crippen molar-refractivity contribution in [1.82, 2.24) is 4.90 Å². The van der Waals surface area contributed by atoms with E-state index in [0.29, 0.717) is 35.0 Å². The summed E-state index contributed by atoms with van der Waals surface area (Å²) < 4.78 is 21.9. The van der Waals surface area contributed by atoms with Gasteiger partial charge in [-0.15, -0.1) is 0 Å². The molecule has 0 aromatic heterocycles. The third kappa shape index (κ3) is 6.50. The maximum atomic E-state index is 12.8. The van der Waals surface area contributed by atoms with E-state index in [2.05, 4.69) is 0 Å². The van der Waals surface area contributed by atoms with Crippen LogP contribution in [0.5, 0.6) is 23.0 Å². The fraction of sp³-hybridized carbons (Fsp3) is 0.179. The first-order valence-electron chi connectivity index (χ1n) is 11.5. The highest BCUT2D eigenvalue weighted by Crippen LogP contribution is 2.35. The topological polar surface area (TPSA) is 91.4 Å². The first-order valence-corrected chi connectivity index (χ1v) is 12.4. The number of esters is 1. The Kier molecular flexibility index (Phi) is 8.48. The second-order valence-corrected chi connectivity index (χ2v) is 8.75. The van der Waals surface area contributed by atoms with Crippen molar-refractivity contribution in [3.63, 3.8) is 0 Å². The molecule has 190 valence electrons. The lowest BCUT2D eigenvalue weighted by molar-refractivity contribution is -0.123. The molecule has 0 bridgehead atoms. The Balaban J connectivity index is 1.44. The number of ether oxygens (including phenoxy) is 4. The van der Waals surface area contributed by atoms with Crippen molar-refractivity contribution in [2.75, 3.05) is 26.9 Å². The zero-order valence-electron chi connectivity index (χ0n) is 20.3. The summed E-state index contributed by atoms with van der Waals surface area (Å²) in [6, 6.07) is 20.7. The van der Waals surface area contributed by atoms with Crippen LogP contribution in [0.1, 0.15) is 22.8 Å². The Bertz CT molecular complexity index is 1310. The maximum absolute atomic E-state index is 12.8. The standard InChI is InChI=1S/C28H25NO7S/c1-3-34-24-17-19(9-14-23(24)36-27(31)20-10-12-21(33-2)13-11-20)18-25-26(30)29(28(32)37-25)15-16-35-22-7-5-4-6-8-22/h4-14,17-18H,3,15-16H2,1-2H3/b25-18-. The van der Waals surface area contributed by atoms with Crippen LogP contribution in [0.2, 0.25) is 0 Å². The molecule has 1 heterocycles. The van der Waals surface area contributed by atoms with Gasteiger partial charge in [-0.3, -0.25) is 14.5 Å². The third-order valence-electron chi connectivity index (χ3n) is 5.29. The molecule has 8 nitrogen and oxygen atoms in total. The SMILES string of the molecule is CCOc1cc(/C=C2\SC(=O)N(CCOc3ccccc3)C2=O)ccc1OC(=O)c1ccc(OC)cc1. The van der Waals surface area contributed by atoms with Gasteiger partial charge in [-0.25, -0.2) is 4.79 Å². The summed E-state index contributed by atoms with van der Waals surface area (Å²) >= 11 is 0.864. The monoisotopic (exact) mass is 519 g/mol. The normalized spacial score (nSPS) is 14.1. The number of para-hydroxylation sites is 1. The summed E-state index contributed by atoms with van der Waals surface area (Å²) in [7, 11) is 1.55. The first-order chi connectivity index (χ1) is 18.0. The number of nitrogens with zero attached hydrogens (tertiary/aromatic N) is 1. The molecule has 1 aliphatic rings. The van der Waals surface area contributed by atoms with Gasteiger partial charge in [0, 0.05) is 0 Å². The van der Waals surface area contributed by atoms with Crippen LogP contribution in [0.25, 0.3) is 6.08 Å². The number of hydrogen-bond donors (Lipinski definition) is 0. The number of imide groups is 1. The summed E-state index contributed by atoms with van der Waals surface area (Å²) in [5.41, 5.74) is 0.982. The Morgan fingerprint density at radius 1 is 0.919 bits per heavy atom. The highest BCUT2D eigenvalue weighted by atomic mass is 32.2. The number of carbonyl (C=O) groups excluding carboxylic acids is 3. The van der Waals surface area contributed by atoms with Crippen LogP contribution < -0.4 is 18.9 Å². The summed E-state index contributed by atoms with van der Waals surface area (Å²) in [5.74, 6) is 0.944. The summed E-state index contributed by atoms with van der Waals surface area (Å²) in [6.07, 6.45) is 1.61. The smallest absolute Gasteiger partial charge is 0.343 e. The zero-order chi connectivity index (χ0) is 26.2. The third-order valence-corrected chi connectivity index (χ3v) is 6.20. The maximum Gasteiger partial charge on any atom is 0.343 e. The van der Waals surface area contributed by atoms with Crippen molar-refractivity contribution in [2.45, 2.75) is 6.92 Å². The second-order valence-electron chi connectivity index (χ2n) is 7.75. The Morgan fingerprint density at radius 2 is 1.68 bits per heavy atom. The van der Waals surface area contributed by atoms with Gasteiger partial charge in [0.25, 0.3) is 11.1 Å². The molecule has 2 amide bonds. The van der Waals surface area contributed by atoms with E-state index in [1.54, 1.807) is 55.7 Å². The number of benzene rings is 3. The number of hydrogen-bond acceptors (Lipinski definition) is 8. The van der Waals surface area contributed by atoms with Crippen molar-refractivity contribution >= 4 is 35.0 Å². The molecule has 0 atom stereocenters. The van der Waals surface area contributed by atoms with Crippen LogP contribution in [0.15, 0.2) is 77.7 Å². The van der Waals surface area contributed by atoms with E-state index in [1.807, 2.05) is 37.3 Å². The molecule has 3 aromatic rings. The fourth-order valence-corrected chi connectivity index (χ4v) is 4.33. The van der Waals surface area contributed by atoms with E-state index in [9.17, 15) is 14.4 Å². The Morgan fingerprint density at radius 3 is 2.38 bits per heavy atom. The highest BCUT2D eigenvalue weighted by molar-refractivity contribution is 8.18. The molecule has 0 unspecified atom stereocenters. The van der Waals surface area contributed by atoms with Crippen LogP contribution >= 0.6 is 11.8 Å². The lowest BCUT2D eigenvalue weighted by Crippen LogP contribution is -2.32. The van der Waals surface area contributed by atoms with E-state index in [4.69, 9.17) is 18.9 Å². The molecular formula is C28H25NO7S. The van der Waals surface area contributed by atoms with Gasteiger partial charge < -0.3 is 18.9 Å². The van der Waals surface area contributed by atoms with Gasteiger partial charge in [0.05, 0.1) is 30.7 Å². The average Bonchev–Trinajstić information content (AvgIpc) is 3.18. The van der Waals surface area contributed by atoms with E-state index in [-0.39, 0.29) is 35.0 Å². The zero-order valence-corrected chi connectivity index (χ0v) is 21.2. The molecule has 0 saturated carbocycles. The van der Waals surface area contributed by atoms with E-state index >= 15 is 0 Å². The Labute approximate surface area is 218 Å². The lowest BCUT2D eigenvalue weighted by atomic mass is 10.1. The molecule has 0 spiro atoms. The number of rotatable bonds is 10. The molecule has 1 aliphatic heterocycles. The highest BCUT2D eigenvalue weighted by Gasteiger charge is 2.34. The van der Waals surface area contributed by atoms with Crippen LogP contribution in [0.3, 0.4) is 0 Å². The quantitative estimate of drug-likeness (QED) is 0.199. The largest absolute Gasteiger partial charge is 0.497 e. The molecule has 9 heteroatoms. The molecule has 1 saturated heterocycles. The molecule has 4 rings (SSSR count). The van der Waals surface area contributed by atoms with Gasteiger partial charge in [0.2, 0.25) is 0 Å². The minimum Gasteiger partial charge on any atom is -0.497 e. The van der Waals surface area contributed by atoms with E-state index in [0.717, 1.165) is 16.7 Å². The lowest BCUT2D eigenvalue weighted by Gasteiger charge is -2.13. The molecule has 3 aromatic carbocycles. The van der Waals surface area contributed by atoms with Gasteiger partial charge in [-0.2, -0.15) is 0 Å². The summed E-state index contributed by atoms with van der Waals surface area (Å²) in [4.78, 5) is 39.3. The van der Waals surface area contributed by atoms with Gasteiger partial charge >= 0.3 is 5.97 Å². The number of methoxy groups -OCH3 is 1. The minimum absolute atomic E-state index is 0.140. The number of thioether (sulfide) groups is 1. The van der Waals surface area contributed by atoms with Crippen LogP contribution in [0.4, 0.5) is 4.79 Å². The van der Waals surface area contributed by atoms with Gasteiger partial charge in [-0.1, -0.05) is 24.3 Å². The molecule has 0 aliphatic carbocycles. The van der Waals surface area contributed by atoms with Crippen LogP contribution in [0, 0.1) is 0 Å². The predicted octanol–water partition coefficient (Wildman–Crippen LogP) is 5.43. The molecule has 1 fully saturated rings. The van der Waals surface area contributed by atoms with Crippen molar-refractivity contribution in [3.05, 3.63) is 88.8 Å². The van der Waals surface area contributed by atoms with Crippen LogP contribution in [-0.4, -0.2) is 48.9 Å². The van der Waals surface area contributed by atoms with E-state index < -0.39 is 5.97 Å². The van der Waals surface area contributed by atoms with E-state index in [1.165, 1.54) is 0 Å². The summed E-state index contributed by atoms with van der Waals surface area (Å²) in [5, 5.41) is -0.358. The predicted molar refractivity (Wildman–Crippen MR) is 140 cm³/mol.